The molecule has 0 unspecified atom stereocenters. The molecule has 4 N–H and O–H groups in total. The fourth-order valence-electron chi connectivity index (χ4n) is 3.93. The maximum absolute atomic E-state index is 12.6. The van der Waals surface area contributed by atoms with Crippen molar-refractivity contribution in [1.29, 1.82) is 0 Å². The molecule has 1 aliphatic heterocycles. The van der Waals surface area contributed by atoms with E-state index in [-0.39, 0.29) is 18.9 Å². The average Bonchev–Trinajstić information content (AvgIpc) is 2.90. The number of amides is 3. The van der Waals surface area contributed by atoms with Crippen molar-refractivity contribution in [3.05, 3.63) is 91.0 Å². The number of benzene rings is 3. The fraction of sp³-hybridized carbons (Fsp3) is 0.214. The molecule has 3 aromatic rings. The van der Waals surface area contributed by atoms with Crippen LogP contribution in [0.15, 0.2) is 91.0 Å². The lowest BCUT2D eigenvalue weighted by atomic mass is 10.0. The van der Waals surface area contributed by atoms with Crippen molar-refractivity contribution in [2.24, 2.45) is 0 Å². The third-order valence-corrected chi connectivity index (χ3v) is 5.75. The van der Waals surface area contributed by atoms with Crippen LogP contribution >= 0.6 is 0 Å². The van der Waals surface area contributed by atoms with E-state index in [9.17, 15) is 14.7 Å². The number of anilines is 2. The first-order valence-corrected chi connectivity index (χ1v) is 11.7. The molecule has 0 aliphatic carbocycles. The second-order valence-corrected chi connectivity index (χ2v) is 8.33. The lowest BCUT2D eigenvalue weighted by Gasteiger charge is -2.31. The van der Waals surface area contributed by atoms with E-state index in [1.54, 1.807) is 43.5 Å². The number of hydrogen-bond acceptors (Lipinski definition) is 5. The fourth-order valence-corrected chi connectivity index (χ4v) is 3.93. The molecule has 0 saturated heterocycles. The summed E-state index contributed by atoms with van der Waals surface area (Å²) < 4.78 is 11.0. The van der Waals surface area contributed by atoms with E-state index in [1.807, 2.05) is 54.6 Å². The van der Waals surface area contributed by atoms with E-state index in [0.29, 0.717) is 17.1 Å². The van der Waals surface area contributed by atoms with Crippen LogP contribution in [-0.4, -0.2) is 49.0 Å². The van der Waals surface area contributed by atoms with Crippen LogP contribution in [0.1, 0.15) is 6.42 Å². The van der Waals surface area contributed by atoms with Crippen molar-refractivity contribution in [3.8, 4) is 16.9 Å². The molecule has 4 rings (SSSR count). The van der Waals surface area contributed by atoms with Gasteiger partial charge < -0.3 is 30.5 Å². The van der Waals surface area contributed by atoms with Crippen LogP contribution in [0.25, 0.3) is 11.1 Å². The Labute approximate surface area is 209 Å². The van der Waals surface area contributed by atoms with Gasteiger partial charge >= 0.3 is 6.03 Å². The third kappa shape index (κ3) is 6.71. The summed E-state index contributed by atoms with van der Waals surface area (Å²) in [5, 5.41) is 18.2. The zero-order valence-electron chi connectivity index (χ0n) is 19.9. The Kier molecular flexibility index (Phi) is 8.33. The molecule has 3 amide bonds. The van der Waals surface area contributed by atoms with E-state index in [2.05, 4.69) is 16.0 Å². The predicted octanol–water partition coefficient (Wildman–Crippen LogP) is 4.20. The Morgan fingerprint density at radius 1 is 0.889 bits per heavy atom. The predicted molar refractivity (Wildman–Crippen MR) is 139 cm³/mol. The lowest BCUT2D eigenvalue weighted by Crippen LogP contribution is -2.50. The summed E-state index contributed by atoms with van der Waals surface area (Å²) in [5.74, 6) is 0.408. The van der Waals surface area contributed by atoms with Gasteiger partial charge in [0, 0.05) is 17.4 Å². The Bertz CT molecular complexity index is 1200. The van der Waals surface area contributed by atoms with Crippen LogP contribution in [0.5, 0.6) is 5.75 Å². The maximum Gasteiger partial charge on any atom is 0.319 e. The molecule has 8 nitrogen and oxygen atoms in total. The summed E-state index contributed by atoms with van der Waals surface area (Å²) in [6.45, 7) is -0.312. The molecule has 1 heterocycles. The summed E-state index contributed by atoms with van der Waals surface area (Å²) in [6.07, 6.45) is 2.33. The highest BCUT2D eigenvalue weighted by atomic mass is 16.5. The molecule has 0 aromatic heterocycles. The quantitative estimate of drug-likeness (QED) is 0.356. The van der Waals surface area contributed by atoms with Gasteiger partial charge in [-0.1, -0.05) is 60.7 Å². The van der Waals surface area contributed by atoms with Crippen LogP contribution in [0.4, 0.5) is 16.2 Å². The summed E-state index contributed by atoms with van der Waals surface area (Å²) in [7, 11) is 1.55. The van der Waals surface area contributed by atoms with E-state index >= 15 is 0 Å². The molecule has 0 bridgehead atoms. The van der Waals surface area contributed by atoms with Crippen molar-refractivity contribution in [1.82, 2.24) is 5.32 Å². The second kappa shape index (κ2) is 12.0. The molecule has 0 radical (unpaired) electrons. The summed E-state index contributed by atoms with van der Waals surface area (Å²) >= 11 is 0. The topological polar surface area (TPSA) is 109 Å². The molecule has 3 aromatic carbocycles. The maximum atomic E-state index is 12.6. The molecule has 1 aliphatic rings. The number of carbonyl (C=O) groups excluding carboxylic acids is 2. The molecule has 3 atom stereocenters. The zero-order chi connectivity index (χ0) is 25.3. The smallest absolute Gasteiger partial charge is 0.319 e. The number of carbonyl (C=O) groups is 2. The van der Waals surface area contributed by atoms with E-state index < -0.39 is 24.3 Å². The summed E-state index contributed by atoms with van der Waals surface area (Å²) in [4.78, 5) is 25.0. The second-order valence-electron chi connectivity index (χ2n) is 8.33. The van der Waals surface area contributed by atoms with E-state index in [0.717, 1.165) is 11.1 Å². The Balaban J connectivity index is 1.29. The van der Waals surface area contributed by atoms with Gasteiger partial charge in [0.1, 0.15) is 11.9 Å². The SMILES string of the molecule is COc1cccc(NC(=O)N[C@H]2C=C[C@H](CC(=O)Nc3ccc(-c4ccccc4)cc3)O[C@@H]2CO)c1. The highest BCUT2D eigenvalue weighted by molar-refractivity contribution is 5.91. The number of rotatable bonds is 8. The third-order valence-electron chi connectivity index (χ3n) is 5.75. The van der Waals surface area contributed by atoms with Crippen molar-refractivity contribution in [2.45, 2.75) is 24.7 Å². The first-order valence-electron chi connectivity index (χ1n) is 11.7. The summed E-state index contributed by atoms with van der Waals surface area (Å²) in [6, 6.07) is 23.6. The Hall–Kier alpha value is -4.14. The first-order chi connectivity index (χ1) is 17.5. The van der Waals surface area contributed by atoms with E-state index in [4.69, 9.17) is 9.47 Å². The van der Waals surface area contributed by atoms with Crippen LogP contribution < -0.4 is 20.7 Å². The monoisotopic (exact) mass is 487 g/mol. The first kappa shape index (κ1) is 25.0. The van der Waals surface area contributed by atoms with Crippen molar-refractivity contribution in [3.63, 3.8) is 0 Å². The van der Waals surface area contributed by atoms with Crippen LogP contribution in [0, 0.1) is 0 Å². The molecule has 0 fully saturated rings. The van der Waals surface area contributed by atoms with Gasteiger partial charge in [-0.2, -0.15) is 0 Å². The van der Waals surface area contributed by atoms with Gasteiger partial charge in [-0.15, -0.1) is 0 Å². The molecule has 186 valence electrons. The molecule has 36 heavy (non-hydrogen) atoms. The van der Waals surface area contributed by atoms with Gasteiger partial charge in [-0.05, 0) is 35.4 Å². The minimum atomic E-state index is -0.686. The van der Waals surface area contributed by atoms with Crippen molar-refractivity contribution >= 4 is 23.3 Å². The molecule has 0 spiro atoms. The highest BCUT2D eigenvalue weighted by Gasteiger charge is 2.29. The highest BCUT2D eigenvalue weighted by Crippen LogP contribution is 2.22. The Morgan fingerprint density at radius 3 is 2.36 bits per heavy atom. The number of aliphatic hydroxyl groups is 1. The molecule has 8 heteroatoms. The lowest BCUT2D eigenvalue weighted by molar-refractivity contribution is -0.120. The van der Waals surface area contributed by atoms with Gasteiger partial charge in [-0.25, -0.2) is 4.79 Å². The number of aliphatic hydroxyl groups excluding tert-OH is 1. The number of nitrogens with one attached hydrogen (secondary N) is 3. The van der Waals surface area contributed by atoms with Crippen molar-refractivity contribution < 1.29 is 24.2 Å². The number of hydrogen-bond donors (Lipinski definition) is 4. The van der Waals surface area contributed by atoms with Crippen LogP contribution in [-0.2, 0) is 9.53 Å². The van der Waals surface area contributed by atoms with Crippen molar-refractivity contribution in [2.75, 3.05) is 24.4 Å². The van der Waals surface area contributed by atoms with Gasteiger partial charge in [0.05, 0.1) is 32.3 Å². The van der Waals surface area contributed by atoms with Crippen LogP contribution in [0.3, 0.4) is 0 Å². The minimum absolute atomic E-state index is 0.0795. The number of urea groups is 1. The zero-order valence-corrected chi connectivity index (χ0v) is 19.9. The van der Waals surface area contributed by atoms with Gasteiger partial charge in [0.15, 0.2) is 0 Å². The normalized spacial score (nSPS) is 18.8. The van der Waals surface area contributed by atoms with E-state index in [1.165, 1.54) is 0 Å². The standard InChI is InChI=1S/C28H29N3O5/c1-35-23-9-5-8-22(16-23)30-28(34)31-25-15-14-24(36-26(25)18-32)17-27(33)29-21-12-10-20(11-13-21)19-6-3-2-4-7-19/h2-16,24-26,32H,17-18H2,1H3,(H,29,33)(H2,30,31,34)/t24-,25+,26-/m1/s1. The largest absolute Gasteiger partial charge is 0.497 e. The molecule has 0 saturated carbocycles. The van der Waals surface area contributed by atoms with Crippen LogP contribution in [0.2, 0.25) is 0 Å². The average molecular weight is 488 g/mol. The minimum Gasteiger partial charge on any atom is -0.497 e. The molecular formula is C28H29N3O5. The van der Waals surface area contributed by atoms with Gasteiger partial charge in [-0.3, -0.25) is 4.79 Å². The number of ether oxygens (including phenoxy) is 2. The van der Waals surface area contributed by atoms with Gasteiger partial charge in [0.25, 0.3) is 0 Å². The molecular weight excluding hydrogens is 458 g/mol. The van der Waals surface area contributed by atoms with Gasteiger partial charge in [0.2, 0.25) is 5.91 Å². The number of methoxy groups -OCH3 is 1. The Morgan fingerprint density at radius 2 is 1.64 bits per heavy atom. The summed E-state index contributed by atoms with van der Waals surface area (Å²) in [5.41, 5.74) is 3.42.